The highest BCUT2D eigenvalue weighted by atomic mass is 19.4. The van der Waals surface area contributed by atoms with Crippen molar-refractivity contribution in [3.05, 3.63) is 35.4 Å². The SMILES string of the molecule is CCOC(=O)c1ccc(C(CC(F)(F)F)OC)cc1. The number of carbonyl (C=O) groups is 1. The minimum absolute atomic E-state index is 0.245. The topological polar surface area (TPSA) is 35.5 Å². The van der Waals surface area contributed by atoms with Crippen LogP contribution in [0.1, 0.15) is 35.4 Å². The van der Waals surface area contributed by atoms with E-state index in [2.05, 4.69) is 0 Å². The van der Waals surface area contributed by atoms with Crippen molar-refractivity contribution < 1.29 is 27.4 Å². The molecule has 6 heteroatoms. The van der Waals surface area contributed by atoms with Gasteiger partial charge in [-0.25, -0.2) is 4.79 Å². The molecule has 0 N–H and O–H groups in total. The molecule has 0 aliphatic rings. The number of methoxy groups -OCH3 is 1. The fourth-order valence-electron chi connectivity index (χ4n) is 1.60. The van der Waals surface area contributed by atoms with Gasteiger partial charge < -0.3 is 9.47 Å². The molecule has 19 heavy (non-hydrogen) atoms. The summed E-state index contributed by atoms with van der Waals surface area (Å²) in [4.78, 5) is 11.4. The van der Waals surface area contributed by atoms with E-state index < -0.39 is 24.7 Å². The minimum Gasteiger partial charge on any atom is -0.462 e. The second-order valence-corrected chi connectivity index (χ2v) is 3.89. The average molecular weight is 276 g/mol. The van der Waals surface area contributed by atoms with E-state index in [1.54, 1.807) is 6.92 Å². The molecule has 0 aliphatic carbocycles. The first-order valence-corrected chi connectivity index (χ1v) is 5.74. The Bertz CT molecular complexity index is 412. The first kappa shape index (κ1) is 15.5. The maximum absolute atomic E-state index is 12.3. The predicted octanol–water partition coefficient (Wildman–Crippen LogP) is 3.50. The molecule has 1 aromatic rings. The number of hydrogen-bond acceptors (Lipinski definition) is 3. The van der Waals surface area contributed by atoms with Gasteiger partial charge in [0.05, 0.1) is 24.7 Å². The lowest BCUT2D eigenvalue weighted by molar-refractivity contribution is -0.158. The van der Waals surface area contributed by atoms with Crippen LogP contribution in [-0.4, -0.2) is 25.9 Å². The molecule has 0 spiro atoms. The maximum Gasteiger partial charge on any atom is 0.391 e. The number of halogens is 3. The normalized spacial score (nSPS) is 13.1. The first-order valence-electron chi connectivity index (χ1n) is 5.74. The van der Waals surface area contributed by atoms with Crippen LogP contribution in [-0.2, 0) is 9.47 Å². The largest absolute Gasteiger partial charge is 0.462 e. The van der Waals surface area contributed by atoms with Gasteiger partial charge in [0.25, 0.3) is 0 Å². The van der Waals surface area contributed by atoms with Crippen molar-refractivity contribution in [3.63, 3.8) is 0 Å². The summed E-state index contributed by atoms with van der Waals surface area (Å²) in [5.74, 6) is -0.501. The van der Waals surface area contributed by atoms with Gasteiger partial charge in [-0.1, -0.05) is 12.1 Å². The van der Waals surface area contributed by atoms with Crippen LogP contribution < -0.4 is 0 Å². The fourth-order valence-corrected chi connectivity index (χ4v) is 1.60. The number of rotatable bonds is 5. The quantitative estimate of drug-likeness (QED) is 0.772. The Morgan fingerprint density at radius 3 is 2.26 bits per heavy atom. The standard InChI is InChI=1S/C13H15F3O3/c1-3-19-12(17)10-6-4-9(5-7-10)11(18-2)8-13(14,15)16/h4-7,11H,3,8H2,1-2H3. The third-order valence-electron chi connectivity index (χ3n) is 2.49. The Morgan fingerprint density at radius 1 is 1.26 bits per heavy atom. The summed E-state index contributed by atoms with van der Waals surface area (Å²) in [6.45, 7) is 1.92. The van der Waals surface area contributed by atoms with Crippen LogP contribution in [0.25, 0.3) is 0 Å². The van der Waals surface area contributed by atoms with Crippen molar-refractivity contribution in [2.75, 3.05) is 13.7 Å². The van der Waals surface area contributed by atoms with Crippen molar-refractivity contribution in [2.24, 2.45) is 0 Å². The molecule has 0 bridgehead atoms. The summed E-state index contributed by atoms with van der Waals surface area (Å²) in [5, 5.41) is 0. The molecule has 1 atom stereocenters. The number of carbonyl (C=O) groups excluding carboxylic acids is 1. The molecule has 106 valence electrons. The molecule has 1 aromatic carbocycles. The Morgan fingerprint density at radius 2 is 1.84 bits per heavy atom. The van der Waals surface area contributed by atoms with Gasteiger partial charge in [-0.15, -0.1) is 0 Å². The van der Waals surface area contributed by atoms with Crippen LogP contribution >= 0.6 is 0 Å². The van der Waals surface area contributed by atoms with E-state index in [0.717, 1.165) is 0 Å². The zero-order valence-electron chi connectivity index (χ0n) is 10.7. The second kappa shape index (κ2) is 6.56. The summed E-state index contributed by atoms with van der Waals surface area (Å²) in [6, 6.07) is 5.73. The van der Waals surface area contributed by atoms with Gasteiger partial charge in [-0.2, -0.15) is 13.2 Å². The first-order chi connectivity index (χ1) is 8.87. The molecule has 0 radical (unpaired) electrons. The summed E-state index contributed by atoms with van der Waals surface area (Å²) >= 11 is 0. The van der Waals surface area contributed by atoms with Gasteiger partial charge in [0, 0.05) is 7.11 Å². The van der Waals surface area contributed by atoms with Crippen molar-refractivity contribution >= 4 is 5.97 Å². The zero-order valence-corrected chi connectivity index (χ0v) is 10.7. The Labute approximate surface area is 109 Å². The van der Waals surface area contributed by atoms with Gasteiger partial charge in [0.1, 0.15) is 0 Å². The smallest absolute Gasteiger partial charge is 0.391 e. The molecule has 0 aliphatic heterocycles. The van der Waals surface area contributed by atoms with Crippen molar-refractivity contribution in [3.8, 4) is 0 Å². The Hall–Kier alpha value is -1.56. The number of benzene rings is 1. The highest BCUT2D eigenvalue weighted by molar-refractivity contribution is 5.89. The van der Waals surface area contributed by atoms with Crippen LogP contribution in [0.2, 0.25) is 0 Å². The fraction of sp³-hybridized carbons (Fsp3) is 0.462. The number of alkyl halides is 3. The number of esters is 1. The molecule has 0 saturated heterocycles. The van der Waals surface area contributed by atoms with E-state index in [1.807, 2.05) is 0 Å². The molecular formula is C13H15F3O3. The van der Waals surface area contributed by atoms with E-state index in [1.165, 1.54) is 31.4 Å². The lowest BCUT2D eigenvalue weighted by atomic mass is 10.0. The van der Waals surface area contributed by atoms with Crippen LogP contribution in [0.4, 0.5) is 13.2 Å². The van der Waals surface area contributed by atoms with Crippen molar-refractivity contribution in [1.29, 1.82) is 0 Å². The molecule has 0 heterocycles. The lowest BCUT2D eigenvalue weighted by Gasteiger charge is -2.17. The summed E-state index contributed by atoms with van der Waals surface area (Å²) in [7, 11) is 1.22. The molecule has 0 amide bonds. The van der Waals surface area contributed by atoms with Crippen LogP contribution in [0.15, 0.2) is 24.3 Å². The highest BCUT2D eigenvalue weighted by Crippen LogP contribution is 2.31. The molecule has 0 aromatic heterocycles. The van der Waals surface area contributed by atoms with Crippen LogP contribution in [0.5, 0.6) is 0 Å². The Balaban J connectivity index is 2.81. The summed E-state index contributed by atoms with van der Waals surface area (Å²) in [5.41, 5.74) is 0.667. The second-order valence-electron chi connectivity index (χ2n) is 3.89. The van der Waals surface area contributed by atoms with Crippen molar-refractivity contribution in [2.45, 2.75) is 25.6 Å². The maximum atomic E-state index is 12.3. The van der Waals surface area contributed by atoms with Gasteiger partial charge in [-0.3, -0.25) is 0 Å². The van der Waals surface area contributed by atoms with Gasteiger partial charge in [0.15, 0.2) is 0 Å². The zero-order chi connectivity index (χ0) is 14.5. The molecule has 0 saturated carbocycles. The Kier molecular flexibility index (Phi) is 5.35. The van der Waals surface area contributed by atoms with Gasteiger partial charge in [0.2, 0.25) is 0 Å². The molecule has 3 nitrogen and oxygen atoms in total. The lowest BCUT2D eigenvalue weighted by Crippen LogP contribution is -2.15. The van der Waals surface area contributed by atoms with Crippen LogP contribution in [0.3, 0.4) is 0 Å². The molecule has 1 rings (SSSR count). The summed E-state index contributed by atoms with van der Waals surface area (Å²) < 4.78 is 46.6. The van der Waals surface area contributed by atoms with E-state index in [-0.39, 0.29) is 6.61 Å². The van der Waals surface area contributed by atoms with Crippen LogP contribution in [0, 0.1) is 0 Å². The number of hydrogen-bond donors (Lipinski definition) is 0. The monoisotopic (exact) mass is 276 g/mol. The van der Waals surface area contributed by atoms with Crippen molar-refractivity contribution in [1.82, 2.24) is 0 Å². The third-order valence-corrected chi connectivity index (χ3v) is 2.49. The van der Waals surface area contributed by atoms with E-state index in [0.29, 0.717) is 11.1 Å². The molecular weight excluding hydrogens is 261 g/mol. The van der Waals surface area contributed by atoms with E-state index in [9.17, 15) is 18.0 Å². The average Bonchev–Trinajstić information content (AvgIpc) is 2.35. The van der Waals surface area contributed by atoms with Gasteiger partial charge >= 0.3 is 12.1 Å². The predicted molar refractivity (Wildman–Crippen MR) is 62.8 cm³/mol. The third kappa shape index (κ3) is 4.90. The minimum atomic E-state index is -4.31. The highest BCUT2D eigenvalue weighted by Gasteiger charge is 2.32. The molecule has 1 unspecified atom stereocenters. The summed E-state index contributed by atoms with van der Waals surface area (Å²) in [6.07, 6.45) is -6.45. The molecule has 0 fully saturated rings. The van der Waals surface area contributed by atoms with E-state index >= 15 is 0 Å². The van der Waals surface area contributed by atoms with E-state index in [4.69, 9.17) is 9.47 Å². The van der Waals surface area contributed by atoms with Gasteiger partial charge in [-0.05, 0) is 24.6 Å². The number of ether oxygens (including phenoxy) is 2.